The number of fused-ring (bicyclic) bond motifs is 1. The topological polar surface area (TPSA) is 77.8 Å². The maximum Gasteiger partial charge on any atom is 0.219 e. The number of para-hydroxylation sites is 2. The van der Waals surface area contributed by atoms with E-state index in [0.717, 1.165) is 41.0 Å². The first-order valence-electron chi connectivity index (χ1n) is 8.79. The molecule has 1 fully saturated rings. The summed E-state index contributed by atoms with van der Waals surface area (Å²) in [7, 11) is 0. The van der Waals surface area contributed by atoms with Gasteiger partial charge in [-0.3, -0.25) is 0 Å². The minimum atomic E-state index is -0.116. The normalized spacial score (nSPS) is 15.7. The third-order valence-corrected chi connectivity index (χ3v) is 5.35. The van der Waals surface area contributed by atoms with Crippen molar-refractivity contribution in [2.45, 2.75) is 24.7 Å². The van der Waals surface area contributed by atoms with Crippen molar-refractivity contribution < 1.29 is 4.42 Å². The molecule has 128 valence electrons. The Morgan fingerprint density at radius 2 is 1.62 bits per heavy atom. The number of aromatic nitrogens is 3. The molecule has 2 aromatic heterocycles. The van der Waals surface area contributed by atoms with Gasteiger partial charge in [-0.1, -0.05) is 42.8 Å². The first-order valence-corrected chi connectivity index (χ1v) is 8.79. The molecule has 1 aliphatic rings. The van der Waals surface area contributed by atoms with Crippen molar-refractivity contribution in [3.8, 4) is 11.1 Å². The zero-order chi connectivity index (χ0) is 17.6. The molecule has 0 saturated heterocycles. The number of hydrogen-bond donors (Lipinski definition) is 1. The Hall–Kier alpha value is -3.21. The molecule has 26 heavy (non-hydrogen) atoms. The number of anilines is 1. The molecular formula is C21H18N4O. The van der Waals surface area contributed by atoms with Gasteiger partial charge in [-0.05, 0) is 36.1 Å². The van der Waals surface area contributed by atoms with Crippen molar-refractivity contribution in [3.05, 3.63) is 72.4 Å². The fourth-order valence-electron chi connectivity index (χ4n) is 3.70. The molecule has 0 atom stereocenters. The molecule has 2 heterocycles. The lowest BCUT2D eigenvalue weighted by atomic mass is 9.64. The molecule has 4 aromatic rings. The van der Waals surface area contributed by atoms with Gasteiger partial charge in [0.1, 0.15) is 5.52 Å². The highest BCUT2D eigenvalue weighted by atomic mass is 16.3. The Kier molecular flexibility index (Phi) is 3.28. The van der Waals surface area contributed by atoms with Crippen LogP contribution in [0.4, 0.5) is 5.95 Å². The molecule has 1 aliphatic carbocycles. The summed E-state index contributed by atoms with van der Waals surface area (Å²) in [5, 5.41) is 0. The minimum Gasteiger partial charge on any atom is -0.440 e. The average molecular weight is 342 g/mol. The number of rotatable bonds is 3. The number of benzene rings is 2. The van der Waals surface area contributed by atoms with E-state index < -0.39 is 0 Å². The molecule has 0 amide bonds. The van der Waals surface area contributed by atoms with Gasteiger partial charge >= 0.3 is 0 Å². The summed E-state index contributed by atoms with van der Waals surface area (Å²) in [6.07, 6.45) is 6.80. The maximum atomic E-state index is 6.11. The van der Waals surface area contributed by atoms with E-state index in [1.807, 2.05) is 24.3 Å². The van der Waals surface area contributed by atoms with Gasteiger partial charge in [-0.15, -0.1) is 0 Å². The van der Waals surface area contributed by atoms with Crippen LogP contribution in [-0.2, 0) is 5.41 Å². The Bertz CT molecular complexity index is 1030. The molecule has 5 heteroatoms. The summed E-state index contributed by atoms with van der Waals surface area (Å²) in [5.41, 5.74) is 10.5. The molecule has 0 spiro atoms. The van der Waals surface area contributed by atoms with Crippen LogP contribution < -0.4 is 5.73 Å². The van der Waals surface area contributed by atoms with Crippen LogP contribution in [-0.4, -0.2) is 15.0 Å². The Morgan fingerprint density at radius 1 is 0.885 bits per heavy atom. The van der Waals surface area contributed by atoms with Crippen LogP contribution in [0, 0.1) is 0 Å². The van der Waals surface area contributed by atoms with Crippen molar-refractivity contribution in [2.24, 2.45) is 0 Å². The second-order valence-electron chi connectivity index (χ2n) is 6.83. The highest BCUT2D eigenvalue weighted by Gasteiger charge is 2.44. The standard InChI is InChI=1S/C21H18N4O/c22-20-23-12-15(13-24-20)14-6-8-16(9-7-14)21(10-3-11-21)19-25-17-4-1-2-5-18(17)26-19/h1-2,4-9,12-13H,3,10-11H2,(H2,22,23,24). The van der Waals surface area contributed by atoms with Crippen LogP contribution in [0.2, 0.25) is 0 Å². The van der Waals surface area contributed by atoms with Crippen molar-refractivity contribution >= 4 is 17.0 Å². The molecular weight excluding hydrogens is 324 g/mol. The van der Waals surface area contributed by atoms with E-state index in [-0.39, 0.29) is 11.4 Å². The summed E-state index contributed by atoms with van der Waals surface area (Å²) in [6.45, 7) is 0. The first kappa shape index (κ1) is 15.1. The lowest BCUT2D eigenvalue weighted by molar-refractivity contribution is 0.244. The van der Waals surface area contributed by atoms with Gasteiger partial charge in [0, 0.05) is 18.0 Å². The van der Waals surface area contributed by atoms with E-state index in [9.17, 15) is 0 Å². The van der Waals surface area contributed by atoms with Crippen LogP contribution in [0.15, 0.2) is 65.3 Å². The van der Waals surface area contributed by atoms with E-state index in [1.54, 1.807) is 12.4 Å². The van der Waals surface area contributed by atoms with Crippen molar-refractivity contribution in [3.63, 3.8) is 0 Å². The van der Waals surface area contributed by atoms with Gasteiger partial charge in [0.05, 0.1) is 5.41 Å². The summed E-state index contributed by atoms with van der Waals surface area (Å²) >= 11 is 0. The third kappa shape index (κ3) is 2.28. The summed E-state index contributed by atoms with van der Waals surface area (Å²) in [5.74, 6) is 1.11. The first-order chi connectivity index (χ1) is 12.7. The lowest BCUT2D eigenvalue weighted by Crippen LogP contribution is -2.35. The van der Waals surface area contributed by atoms with Gasteiger partial charge in [0.2, 0.25) is 11.8 Å². The van der Waals surface area contributed by atoms with Crippen molar-refractivity contribution in [2.75, 3.05) is 5.73 Å². The van der Waals surface area contributed by atoms with Crippen molar-refractivity contribution in [1.82, 2.24) is 15.0 Å². The van der Waals surface area contributed by atoms with Gasteiger partial charge in [0.15, 0.2) is 5.58 Å². The second kappa shape index (κ2) is 5.66. The number of nitrogens with two attached hydrogens (primary N) is 1. The number of hydrogen-bond acceptors (Lipinski definition) is 5. The molecule has 2 aromatic carbocycles. The monoisotopic (exact) mass is 342 g/mol. The average Bonchev–Trinajstić information content (AvgIpc) is 3.06. The third-order valence-electron chi connectivity index (χ3n) is 5.35. The van der Waals surface area contributed by atoms with E-state index >= 15 is 0 Å². The Morgan fingerprint density at radius 3 is 2.27 bits per heavy atom. The lowest BCUT2D eigenvalue weighted by Gasteiger charge is -2.39. The van der Waals surface area contributed by atoms with Crippen LogP contribution in [0.5, 0.6) is 0 Å². The number of oxazole rings is 1. The molecule has 0 unspecified atom stereocenters. The highest BCUT2D eigenvalue weighted by molar-refractivity contribution is 5.72. The molecule has 1 saturated carbocycles. The number of nitrogens with zero attached hydrogens (tertiary/aromatic N) is 3. The minimum absolute atomic E-state index is 0.116. The smallest absolute Gasteiger partial charge is 0.219 e. The zero-order valence-electron chi connectivity index (χ0n) is 14.2. The largest absolute Gasteiger partial charge is 0.440 e. The van der Waals surface area contributed by atoms with Gasteiger partial charge < -0.3 is 10.2 Å². The molecule has 0 radical (unpaired) electrons. The SMILES string of the molecule is Nc1ncc(-c2ccc(C3(c4nc5ccccc5o4)CCC3)cc2)cn1. The van der Waals surface area contributed by atoms with E-state index in [0.29, 0.717) is 0 Å². The van der Waals surface area contributed by atoms with Crippen LogP contribution in [0.3, 0.4) is 0 Å². The summed E-state index contributed by atoms with van der Waals surface area (Å²) < 4.78 is 6.11. The zero-order valence-corrected chi connectivity index (χ0v) is 14.2. The summed E-state index contributed by atoms with van der Waals surface area (Å²) in [6, 6.07) is 16.5. The molecule has 0 bridgehead atoms. The van der Waals surface area contributed by atoms with Crippen LogP contribution >= 0.6 is 0 Å². The fraction of sp³-hybridized carbons (Fsp3) is 0.190. The molecule has 5 nitrogen and oxygen atoms in total. The quantitative estimate of drug-likeness (QED) is 0.599. The predicted molar refractivity (Wildman–Crippen MR) is 101 cm³/mol. The highest BCUT2D eigenvalue weighted by Crippen LogP contribution is 2.49. The van der Waals surface area contributed by atoms with Crippen molar-refractivity contribution in [1.29, 1.82) is 0 Å². The van der Waals surface area contributed by atoms with E-state index in [1.165, 1.54) is 12.0 Å². The molecule has 0 aliphatic heterocycles. The van der Waals surface area contributed by atoms with Gasteiger partial charge in [-0.25, -0.2) is 15.0 Å². The van der Waals surface area contributed by atoms with Crippen LogP contribution in [0.25, 0.3) is 22.2 Å². The Labute approximate surface area is 150 Å². The maximum absolute atomic E-state index is 6.11. The second-order valence-corrected chi connectivity index (χ2v) is 6.83. The van der Waals surface area contributed by atoms with Gasteiger partial charge in [0.25, 0.3) is 0 Å². The summed E-state index contributed by atoms with van der Waals surface area (Å²) in [4.78, 5) is 12.9. The van der Waals surface area contributed by atoms with Crippen LogP contribution in [0.1, 0.15) is 30.7 Å². The fourth-order valence-corrected chi connectivity index (χ4v) is 3.70. The Balaban J connectivity index is 1.53. The number of nitrogen functional groups attached to an aromatic ring is 1. The van der Waals surface area contributed by atoms with Gasteiger partial charge in [-0.2, -0.15) is 0 Å². The van der Waals surface area contributed by atoms with E-state index in [4.69, 9.17) is 15.1 Å². The predicted octanol–water partition coefficient (Wildman–Crippen LogP) is 4.34. The molecule has 2 N–H and O–H groups in total. The molecule has 5 rings (SSSR count). The van der Waals surface area contributed by atoms with E-state index in [2.05, 4.69) is 34.2 Å².